The molecule has 0 aromatic carbocycles. The highest BCUT2D eigenvalue weighted by atomic mass is 32.1. The summed E-state index contributed by atoms with van der Waals surface area (Å²) in [5, 5.41) is 11.3. The molecule has 1 aliphatic carbocycles. The van der Waals surface area contributed by atoms with Crippen molar-refractivity contribution >= 4 is 28.1 Å². The second kappa shape index (κ2) is 4.85. The van der Waals surface area contributed by atoms with Gasteiger partial charge < -0.3 is 10.0 Å². The van der Waals surface area contributed by atoms with E-state index in [-0.39, 0.29) is 5.69 Å². The van der Waals surface area contributed by atoms with Gasteiger partial charge in [-0.05, 0) is 18.8 Å². The minimum Gasteiger partial charge on any atom is -0.476 e. The molecule has 0 spiro atoms. The van der Waals surface area contributed by atoms with Crippen molar-refractivity contribution < 1.29 is 9.90 Å². The van der Waals surface area contributed by atoms with Gasteiger partial charge in [0.25, 0.3) is 0 Å². The molecule has 0 saturated heterocycles. The van der Waals surface area contributed by atoms with Gasteiger partial charge in [0.15, 0.2) is 16.5 Å². The third-order valence-corrected chi connectivity index (χ3v) is 4.57. The van der Waals surface area contributed by atoms with Crippen molar-refractivity contribution in [1.29, 1.82) is 0 Å². The molecule has 2 aromatic rings. The molecule has 3 rings (SSSR count). The number of imidazole rings is 1. The third-order valence-electron chi connectivity index (χ3n) is 3.81. The summed E-state index contributed by atoms with van der Waals surface area (Å²) in [6.07, 6.45) is 6.85. The molecule has 19 heavy (non-hydrogen) atoms. The van der Waals surface area contributed by atoms with E-state index in [1.54, 1.807) is 10.6 Å². The second-order valence-corrected chi connectivity index (χ2v) is 6.05. The maximum atomic E-state index is 11.5. The van der Waals surface area contributed by atoms with E-state index in [2.05, 4.69) is 4.98 Å². The van der Waals surface area contributed by atoms with E-state index in [1.807, 2.05) is 17.3 Å². The van der Waals surface area contributed by atoms with E-state index in [9.17, 15) is 9.90 Å². The van der Waals surface area contributed by atoms with E-state index in [0.29, 0.717) is 11.7 Å². The van der Waals surface area contributed by atoms with E-state index in [0.717, 1.165) is 11.5 Å². The fourth-order valence-corrected chi connectivity index (χ4v) is 3.62. The molecule has 102 valence electrons. The molecule has 0 amide bonds. The van der Waals surface area contributed by atoms with Gasteiger partial charge in [-0.2, -0.15) is 0 Å². The number of carboxylic acids is 1. The molecular formula is C13H17N3O2S. The van der Waals surface area contributed by atoms with E-state index in [1.165, 1.54) is 37.0 Å². The Kier molecular flexibility index (Phi) is 3.18. The molecule has 1 fully saturated rings. The van der Waals surface area contributed by atoms with Crippen LogP contribution in [-0.4, -0.2) is 34.1 Å². The Balaban J connectivity index is 1.91. The molecule has 2 heterocycles. The topological polar surface area (TPSA) is 57.8 Å². The zero-order valence-electron chi connectivity index (χ0n) is 10.9. The molecule has 1 aliphatic rings. The molecule has 1 saturated carbocycles. The molecule has 0 radical (unpaired) electrons. The van der Waals surface area contributed by atoms with Gasteiger partial charge in [0, 0.05) is 25.2 Å². The van der Waals surface area contributed by atoms with Crippen LogP contribution in [0.1, 0.15) is 36.2 Å². The first kappa shape index (κ1) is 12.5. The SMILES string of the molecule is CN(CC1CCCC1)c1nc2sccn2c1C(=O)O. The molecule has 2 aromatic heterocycles. The van der Waals surface area contributed by atoms with Crippen molar-refractivity contribution in [2.24, 2.45) is 5.92 Å². The van der Waals surface area contributed by atoms with Crippen molar-refractivity contribution in [3.8, 4) is 0 Å². The van der Waals surface area contributed by atoms with Crippen LogP contribution in [0.15, 0.2) is 11.6 Å². The molecular weight excluding hydrogens is 262 g/mol. The Morgan fingerprint density at radius 3 is 3.00 bits per heavy atom. The molecule has 1 N–H and O–H groups in total. The Morgan fingerprint density at radius 2 is 2.32 bits per heavy atom. The smallest absolute Gasteiger partial charge is 0.356 e. The summed E-state index contributed by atoms with van der Waals surface area (Å²) in [5.41, 5.74) is 0.275. The molecule has 0 bridgehead atoms. The Bertz CT molecular complexity index is 598. The number of hydrogen-bond acceptors (Lipinski definition) is 4. The van der Waals surface area contributed by atoms with Gasteiger partial charge >= 0.3 is 5.97 Å². The summed E-state index contributed by atoms with van der Waals surface area (Å²) in [6, 6.07) is 0. The largest absolute Gasteiger partial charge is 0.476 e. The summed E-state index contributed by atoms with van der Waals surface area (Å²) in [7, 11) is 1.94. The first-order chi connectivity index (χ1) is 9.16. The fraction of sp³-hybridized carbons (Fsp3) is 0.538. The number of carbonyl (C=O) groups is 1. The van der Waals surface area contributed by atoms with Crippen LogP contribution < -0.4 is 4.90 Å². The number of thiazole rings is 1. The lowest BCUT2D eigenvalue weighted by Crippen LogP contribution is -2.26. The van der Waals surface area contributed by atoms with Crippen molar-refractivity contribution in [3.63, 3.8) is 0 Å². The summed E-state index contributed by atoms with van der Waals surface area (Å²) in [4.78, 5) is 18.7. The predicted octanol–water partition coefficient (Wildman–Crippen LogP) is 2.72. The quantitative estimate of drug-likeness (QED) is 0.935. The van der Waals surface area contributed by atoms with Crippen LogP contribution in [0.3, 0.4) is 0 Å². The summed E-state index contributed by atoms with van der Waals surface area (Å²) in [5.74, 6) is 0.344. The van der Waals surface area contributed by atoms with Crippen molar-refractivity contribution in [2.75, 3.05) is 18.5 Å². The van der Waals surface area contributed by atoms with Crippen LogP contribution in [0.5, 0.6) is 0 Å². The van der Waals surface area contributed by atoms with E-state index in [4.69, 9.17) is 0 Å². The number of aromatic carboxylic acids is 1. The van der Waals surface area contributed by atoms with Gasteiger partial charge in [0.2, 0.25) is 0 Å². The Labute approximate surface area is 115 Å². The monoisotopic (exact) mass is 279 g/mol. The fourth-order valence-electron chi connectivity index (χ4n) is 2.91. The average molecular weight is 279 g/mol. The van der Waals surface area contributed by atoms with Gasteiger partial charge in [-0.1, -0.05) is 12.8 Å². The normalized spacial score (nSPS) is 16.3. The number of nitrogens with zero attached hydrogens (tertiary/aromatic N) is 3. The van der Waals surface area contributed by atoms with Crippen LogP contribution in [-0.2, 0) is 0 Å². The molecule has 6 heteroatoms. The highest BCUT2D eigenvalue weighted by Crippen LogP contribution is 2.29. The molecule has 0 unspecified atom stereocenters. The van der Waals surface area contributed by atoms with Crippen LogP contribution >= 0.6 is 11.3 Å². The maximum absolute atomic E-state index is 11.5. The highest BCUT2D eigenvalue weighted by Gasteiger charge is 2.24. The van der Waals surface area contributed by atoms with Gasteiger partial charge in [-0.15, -0.1) is 11.3 Å². The van der Waals surface area contributed by atoms with Crippen LogP contribution in [0.4, 0.5) is 5.82 Å². The number of rotatable bonds is 4. The van der Waals surface area contributed by atoms with Gasteiger partial charge in [-0.3, -0.25) is 4.40 Å². The van der Waals surface area contributed by atoms with Crippen molar-refractivity contribution in [1.82, 2.24) is 9.38 Å². The lowest BCUT2D eigenvalue weighted by atomic mass is 10.1. The Morgan fingerprint density at radius 1 is 1.58 bits per heavy atom. The van der Waals surface area contributed by atoms with Gasteiger partial charge in [0.05, 0.1) is 0 Å². The van der Waals surface area contributed by atoms with Gasteiger partial charge in [0.1, 0.15) is 0 Å². The first-order valence-electron chi connectivity index (χ1n) is 6.57. The van der Waals surface area contributed by atoms with E-state index < -0.39 is 5.97 Å². The van der Waals surface area contributed by atoms with Crippen LogP contribution in [0.25, 0.3) is 4.96 Å². The summed E-state index contributed by atoms with van der Waals surface area (Å²) < 4.78 is 1.66. The average Bonchev–Trinajstić information content (AvgIpc) is 3.02. The standard InChI is InChI=1S/C13H17N3O2S/c1-15(8-9-4-2-3-5-9)11-10(12(17)18)16-6-7-19-13(16)14-11/h6-7,9H,2-5,8H2,1H3,(H,17,18). The zero-order chi connectivity index (χ0) is 13.4. The zero-order valence-corrected chi connectivity index (χ0v) is 11.7. The lowest BCUT2D eigenvalue weighted by molar-refractivity contribution is 0.0690. The maximum Gasteiger partial charge on any atom is 0.356 e. The molecule has 0 aliphatic heterocycles. The Hall–Kier alpha value is -1.56. The van der Waals surface area contributed by atoms with Gasteiger partial charge in [-0.25, -0.2) is 9.78 Å². The van der Waals surface area contributed by atoms with Crippen LogP contribution in [0.2, 0.25) is 0 Å². The number of anilines is 1. The van der Waals surface area contributed by atoms with Crippen molar-refractivity contribution in [2.45, 2.75) is 25.7 Å². The predicted molar refractivity (Wildman–Crippen MR) is 75.3 cm³/mol. The third kappa shape index (κ3) is 2.20. The first-order valence-corrected chi connectivity index (χ1v) is 7.44. The lowest BCUT2D eigenvalue weighted by Gasteiger charge is -2.21. The van der Waals surface area contributed by atoms with Crippen molar-refractivity contribution in [3.05, 3.63) is 17.3 Å². The minimum atomic E-state index is -0.917. The van der Waals surface area contributed by atoms with E-state index >= 15 is 0 Å². The molecule has 5 nitrogen and oxygen atoms in total. The summed E-state index contributed by atoms with van der Waals surface area (Å²) >= 11 is 1.46. The summed E-state index contributed by atoms with van der Waals surface area (Å²) in [6.45, 7) is 0.894. The minimum absolute atomic E-state index is 0.275. The number of aromatic nitrogens is 2. The highest BCUT2D eigenvalue weighted by molar-refractivity contribution is 7.15. The second-order valence-electron chi connectivity index (χ2n) is 5.18. The van der Waals surface area contributed by atoms with Crippen LogP contribution in [0, 0.1) is 5.92 Å². The number of carboxylic acid groups (broad SMARTS) is 1. The number of fused-ring (bicyclic) bond motifs is 1. The molecule has 0 atom stereocenters. The number of hydrogen-bond donors (Lipinski definition) is 1.